The molecular weight excluding hydrogens is 318 g/mol. The van der Waals surface area contributed by atoms with Crippen molar-refractivity contribution in [2.75, 3.05) is 31.1 Å². The molecule has 1 unspecified atom stereocenters. The molecule has 0 saturated carbocycles. The summed E-state index contributed by atoms with van der Waals surface area (Å²) in [5, 5.41) is 0. The van der Waals surface area contributed by atoms with E-state index in [2.05, 4.69) is 24.0 Å². The van der Waals surface area contributed by atoms with Gasteiger partial charge in [0.2, 0.25) is 0 Å². The van der Waals surface area contributed by atoms with Crippen LogP contribution in [0.4, 0.5) is 11.4 Å². The van der Waals surface area contributed by atoms with Crippen LogP contribution >= 0.6 is 11.8 Å². The SMILES string of the molecule is CC(CN1CCCC1)Oc1ccc(Sc2ccc(N)c(N)c2)cc1. The van der Waals surface area contributed by atoms with Gasteiger partial charge in [-0.25, -0.2) is 0 Å². The summed E-state index contributed by atoms with van der Waals surface area (Å²) < 4.78 is 6.03. The number of anilines is 2. The number of nitrogens with zero attached hydrogens (tertiary/aromatic N) is 1. The smallest absolute Gasteiger partial charge is 0.119 e. The first-order chi connectivity index (χ1) is 11.6. The maximum atomic E-state index is 6.03. The Morgan fingerprint density at radius 3 is 2.33 bits per heavy atom. The van der Waals surface area contributed by atoms with Crippen LogP contribution in [0.2, 0.25) is 0 Å². The first-order valence-corrected chi connectivity index (χ1v) is 9.24. The molecule has 1 aliphatic rings. The first-order valence-electron chi connectivity index (χ1n) is 8.42. The van der Waals surface area contributed by atoms with Crippen LogP contribution in [0.1, 0.15) is 19.8 Å². The lowest BCUT2D eigenvalue weighted by molar-refractivity contribution is 0.162. The van der Waals surface area contributed by atoms with Gasteiger partial charge in [-0.05, 0) is 75.3 Å². The Hall–Kier alpha value is -1.85. The van der Waals surface area contributed by atoms with Crippen LogP contribution in [0.15, 0.2) is 52.3 Å². The molecule has 5 heteroatoms. The van der Waals surface area contributed by atoms with Crippen LogP contribution < -0.4 is 16.2 Å². The lowest BCUT2D eigenvalue weighted by Gasteiger charge is -2.21. The number of likely N-dealkylation sites (tertiary alicyclic amines) is 1. The van der Waals surface area contributed by atoms with E-state index in [0.29, 0.717) is 11.4 Å². The maximum absolute atomic E-state index is 6.03. The number of nitrogens with two attached hydrogens (primary N) is 2. The molecule has 1 aliphatic heterocycles. The van der Waals surface area contributed by atoms with Crippen molar-refractivity contribution in [1.82, 2.24) is 4.90 Å². The molecule has 0 amide bonds. The molecule has 0 radical (unpaired) electrons. The van der Waals surface area contributed by atoms with E-state index in [0.717, 1.165) is 22.1 Å². The fourth-order valence-electron chi connectivity index (χ4n) is 2.94. The monoisotopic (exact) mass is 343 g/mol. The van der Waals surface area contributed by atoms with Gasteiger partial charge in [-0.15, -0.1) is 0 Å². The average Bonchev–Trinajstić information content (AvgIpc) is 3.06. The van der Waals surface area contributed by atoms with Gasteiger partial charge >= 0.3 is 0 Å². The summed E-state index contributed by atoms with van der Waals surface area (Å²) in [7, 11) is 0. The highest BCUT2D eigenvalue weighted by Crippen LogP contribution is 2.31. The molecule has 4 N–H and O–H groups in total. The van der Waals surface area contributed by atoms with E-state index in [4.69, 9.17) is 16.2 Å². The molecule has 2 aromatic carbocycles. The summed E-state index contributed by atoms with van der Waals surface area (Å²) in [6.45, 7) is 5.54. The molecular formula is C19H25N3OS. The van der Waals surface area contributed by atoms with Gasteiger partial charge < -0.3 is 16.2 Å². The largest absolute Gasteiger partial charge is 0.489 e. The van der Waals surface area contributed by atoms with Gasteiger partial charge in [0.05, 0.1) is 11.4 Å². The molecule has 1 fully saturated rings. The van der Waals surface area contributed by atoms with Crippen molar-refractivity contribution in [2.24, 2.45) is 0 Å². The Morgan fingerprint density at radius 2 is 1.67 bits per heavy atom. The standard InChI is InChI=1S/C19H25N3OS/c1-14(13-22-10-2-3-11-22)23-15-4-6-16(7-5-15)24-17-8-9-18(20)19(21)12-17/h4-9,12,14H,2-3,10-11,13,20-21H2,1H3. The number of hydrogen-bond donors (Lipinski definition) is 2. The third-order valence-corrected chi connectivity index (χ3v) is 5.17. The van der Waals surface area contributed by atoms with Gasteiger partial charge in [0.15, 0.2) is 0 Å². The Kier molecular flexibility index (Phi) is 5.53. The van der Waals surface area contributed by atoms with Crippen LogP contribution in [-0.4, -0.2) is 30.6 Å². The van der Waals surface area contributed by atoms with Gasteiger partial charge in [0, 0.05) is 16.3 Å². The number of benzene rings is 2. The highest BCUT2D eigenvalue weighted by Gasteiger charge is 2.15. The van der Waals surface area contributed by atoms with Crippen molar-refractivity contribution < 1.29 is 4.74 Å². The zero-order valence-electron chi connectivity index (χ0n) is 14.1. The van der Waals surface area contributed by atoms with Crippen molar-refractivity contribution in [1.29, 1.82) is 0 Å². The minimum Gasteiger partial charge on any atom is -0.489 e. The number of rotatable bonds is 6. The zero-order valence-corrected chi connectivity index (χ0v) is 14.9. The molecule has 0 bridgehead atoms. The van der Waals surface area contributed by atoms with Gasteiger partial charge in [-0.3, -0.25) is 4.90 Å². The number of ether oxygens (including phenoxy) is 1. The van der Waals surface area contributed by atoms with E-state index < -0.39 is 0 Å². The van der Waals surface area contributed by atoms with E-state index in [1.807, 2.05) is 30.3 Å². The van der Waals surface area contributed by atoms with Crippen LogP contribution in [0.3, 0.4) is 0 Å². The van der Waals surface area contributed by atoms with Crippen molar-refractivity contribution in [3.63, 3.8) is 0 Å². The van der Waals surface area contributed by atoms with E-state index >= 15 is 0 Å². The van der Waals surface area contributed by atoms with Crippen molar-refractivity contribution >= 4 is 23.1 Å². The Labute approximate surface area is 148 Å². The molecule has 3 rings (SSSR count). The normalized spacial score (nSPS) is 16.2. The molecule has 1 heterocycles. The van der Waals surface area contributed by atoms with E-state index in [1.165, 1.54) is 25.9 Å². The lowest BCUT2D eigenvalue weighted by Crippen LogP contribution is -2.31. The van der Waals surface area contributed by atoms with Crippen molar-refractivity contribution in [3.8, 4) is 5.75 Å². The summed E-state index contributed by atoms with van der Waals surface area (Å²) >= 11 is 1.66. The van der Waals surface area contributed by atoms with Crippen molar-refractivity contribution in [3.05, 3.63) is 42.5 Å². The second-order valence-corrected chi connectivity index (χ2v) is 7.45. The van der Waals surface area contributed by atoms with Crippen LogP contribution in [0.25, 0.3) is 0 Å². The van der Waals surface area contributed by atoms with Gasteiger partial charge in [-0.2, -0.15) is 0 Å². The Morgan fingerprint density at radius 1 is 1.00 bits per heavy atom. The molecule has 0 aromatic heterocycles. The van der Waals surface area contributed by atoms with E-state index in [9.17, 15) is 0 Å². The Bertz CT molecular complexity index is 669. The summed E-state index contributed by atoms with van der Waals surface area (Å²) in [4.78, 5) is 4.71. The summed E-state index contributed by atoms with van der Waals surface area (Å²) in [5.74, 6) is 0.919. The minimum absolute atomic E-state index is 0.207. The zero-order chi connectivity index (χ0) is 16.9. The second-order valence-electron chi connectivity index (χ2n) is 6.30. The predicted octanol–water partition coefficient (Wildman–Crippen LogP) is 3.87. The Balaban J connectivity index is 1.55. The number of nitrogen functional groups attached to an aromatic ring is 2. The molecule has 1 atom stereocenters. The maximum Gasteiger partial charge on any atom is 0.119 e. The summed E-state index contributed by atoms with van der Waals surface area (Å²) in [6, 6.07) is 14.0. The minimum atomic E-state index is 0.207. The van der Waals surface area contributed by atoms with Gasteiger partial charge in [-0.1, -0.05) is 11.8 Å². The highest BCUT2D eigenvalue weighted by molar-refractivity contribution is 7.99. The molecule has 0 aliphatic carbocycles. The third kappa shape index (κ3) is 4.58. The molecule has 2 aromatic rings. The molecule has 4 nitrogen and oxygen atoms in total. The molecule has 0 spiro atoms. The fraction of sp³-hybridized carbons (Fsp3) is 0.368. The predicted molar refractivity (Wildman–Crippen MR) is 102 cm³/mol. The van der Waals surface area contributed by atoms with Crippen LogP contribution in [0, 0.1) is 0 Å². The van der Waals surface area contributed by atoms with Gasteiger partial charge in [0.25, 0.3) is 0 Å². The molecule has 24 heavy (non-hydrogen) atoms. The number of hydrogen-bond acceptors (Lipinski definition) is 5. The topological polar surface area (TPSA) is 64.5 Å². The first kappa shape index (κ1) is 17.0. The fourth-order valence-corrected chi connectivity index (χ4v) is 3.80. The van der Waals surface area contributed by atoms with Crippen molar-refractivity contribution in [2.45, 2.75) is 35.7 Å². The quantitative estimate of drug-likeness (QED) is 0.780. The third-order valence-electron chi connectivity index (χ3n) is 4.17. The van der Waals surface area contributed by atoms with Crippen LogP contribution in [0.5, 0.6) is 5.75 Å². The highest BCUT2D eigenvalue weighted by atomic mass is 32.2. The lowest BCUT2D eigenvalue weighted by atomic mass is 10.3. The average molecular weight is 343 g/mol. The molecule has 128 valence electrons. The van der Waals surface area contributed by atoms with E-state index in [1.54, 1.807) is 11.8 Å². The summed E-state index contributed by atoms with van der Waals surface area (Å²) in [6.07, 6.45) is 2.83. The van der Waals surface area contributed by atoms with E-state index in [-0.39, 0.29) is 6.10 Å². The molecule has 1 saturated heterocycles. The summed E-state index contributed by atoms with van der Waals surface area (Å²) in [5.41, 5.74) is 12.9. The van der Waals surface area contributed by atoms with Crippen LogP contribution in [-0.2, 0) is 0 Å². The van der Waals surface area contributed by atoms with Gasteiger partial charge in [0.1, 0.15) is 11.9 Å². The second kappa shape index (κ2) is 7.81.